The molecule has 192 valence electrons. The van der Waals surface area contributed by atoms with Crippen LogP contribution in [0.25, 0.3) is 10.9 Å². The largest absolute Gasteiger partial charge is 0.350 e. The van der Waals surface area contributed by atoms with Crippen LogP contribution in [0.4, 0.5) is 4.39 Å². The molecule has 36 heavy (non-hydrogen) atoms. The highest BCUT2D eigenvalue weighted by atomic mass is 35.5. The number of nitrogens with zero attached hydrogens (tertiary/aromatic N) is 1. The molecule has 2 saturated carbocycles. The third-order valence-electron chi connectivity index (χ3n) is 8.24. The van der Waals surface area contributed by atoms with Crippen molar-refractivity contribution in [2.75, 3.05) is 12.4 Å². The summed E-state index contributed by atoms with van der Waals surface area (Å²) >= 11 is 5.64. The monoisotopic (exact) mass is 516 g/mol. The lowest BCUT2D eigenvalue weighted by molar-refractivity contribution is -0.142. The Bertz CT molecular complexity index is 1260. The molecule has 3 fully saturated rings. The summed E-state index contributed by atoms with van der Waals surface area (Å²) in [5.41, 5.74) is 0.570. The Morgan fingerprint density at radius 2 is 1.94 bits per heavy atom. The van der Waals surface area contributed by atoms with Crippen LogP contribution in [-0.4, -0.2) is 63.9 Å². The van der Waals surface area contributed by atoms with E-state index in [4.69, 9.17) is 11.6 Å². The number of carbonyl (C=O) groups excluding carboxylic acids is 4. The lowest BCUT2D eigenvalue weighted by atomic mass is 9.98. The molecule has 1 aliphatic heterocycles. The molecule has 2 heterocycles. The zero-order valence-corrected chi connectivity index (χ0v) is 21.2. The zero-order chi connectivity index (χ0) is 25.9. The second-order valence-electron chi connectivity index (χ2n) is 10.9. The summed E-state index contributed by atoms with van der Waals surface area (Å²) in [7, 11) is 0. The van der Waals surface area contributed by atoms with Crippen LogP contribution in [0.5, 0.6) is 0 Å². The van der Waals surface area contributed by atoms with E-state index >= 15 is 0 Å². The standard InChI is InChI=1S/C26H30ClFN4O4/c1-12(19(33)10-27)29-24(35)22-20-15(26(20,2)3)11-32(22)25(36)21(13-7-8-13)31-23(34)18-9-14-16(28)5-4-6-17(14)30-18/h4-6,9,12-13,15,20-22,30H,7-8,10-11H2,1-3H3,(H,29,35)(H,31,34)/t12-,15-,20-,21-,22-/m0/s1. The lowest BCUT2D eigenvalue weighted by Gasteiger charge is -2.33. The van der Waals surface area contributed by atoms with Gasteiger partial charge in [0.1, 0.15) is 23.6 Å². The first-order chi connectivity index (χ1) is 17.0. The van der Waals surface area contributed by atoms with Crippen LogP contribution >= 0.6 is 11.6 Å². The van der Waals surface area contributed by atoms with Gasteiger partial charge in [0.25, 0.3) is 5.91 Å². The van der Waals surface area contributed by atoms with E-state index in [0.717, 1.165) is 12.8 Å². The number of amides is 3. The Balaban J connectivity index is 1.35. The predicted molar refractivity (Wildman–Crippen MR) is 132 cm³/mol. The second kappa shape index (κ2) is 8.87. The number of nitrogens with one attached hydrogen (secondary N) is 3. The van der Waals surface area contributed by atoms with Crippen molar-refractivity contribution in [2.45, 2.75) is 51.7 Å². The first-order valence-electron chi connectivity index (χ1n) is 12.3. The van der Waals surface area contributed by atoms with Crippen molar-refractivity contribution in [2.24, 2.45) is 23.2 Å². The first-order valence-corrected chi connectivity index (χ1v) is 12.9. The summed E-state index contributed by atoms with van der Waals surface area (Å²) in [6, 6.07) is 3.73. The van der Waals surface area contributed by atoms with Crippen LogP contribution in [-0.2, 0) is 14.4 Å². The normalized spacial score (nSPS) is 25.7. The minimum atomic E-state index is -0.786. The smallest absolute Gasteiger partial charge is 0.268 e. The second-order valence-corrected chi connectivity index (χ2v) is 11.2. The van der Waals surface area contributed by atoms with Gasteiger partial charge in [-0.25, -0.2) is 4.39 Å². The molecule has 8 nitrogen and oxygen atoms in total. The Morgan fingerprint density at radius 1 is 1.22 bits per heavy atom. The highest BCUT2D eigenvalue weighted by Crippen LogP contribution is 2.65. The van der Waals surface area contributed by atoms with Gasteiger partial charge < -0.3 is 20.5 Å². The number of aromatic nitrogens is 1. The molecule has 5 atom stereocenters. The fourth-order valence-electron chi connectivity index (χ4n) is 5.76. The fourth-order valence-corrected chi connectivity index (χ4v) is 5.99. The average molecular weight is 517 g/mol. The molecule has 0 radical (unpaired) electrons. The maximum Gasteiger partial charge on any atom is 0.268 e. The number of benzene rings is 1. The van der Waals surface area contributed by atoms with Gasteiger partial charge in [-0.15, -0.1) is 11.6 Å². The first kappa shape index (κ1) is 24.7. The number of carbonyl (C=O) groups is 4. The highest BCUT2D eigenvalue weighted by molar-refractivity contribution is 6.28. The summed E-state index contributed by atoms with van der Waals surface area (Å²) < 4.78 is 14.1. The number of Topliss-reactive ketones (excluding diaryl/α,β-unsaturated/α-hetero) is 1. The summed E-state index contributed by atoms with van der Waals surface area (Å²) in [5.74, 6) is -1.99. The van der Waals surface area contributed by atoms with Crippen molar-refractivity contribution >= 4 is 46.0 Å². The molecule has 3 amide bonds. The van der Waals surface area contributed by atoms with Crippen molar-refractivity contribution in [3.63, 3.8) is 0 Å². The molecule has 1 saturated heterocycles. The molecule has 1 aromatic heterocycles. The molecule has 2 aliphatic carbocycles. The van der Waals surface area contributed by atoms with Gasteiger partial charge >= 0.3 is 0 Å². The van der Waals surface area contributed by atoms with Gasteiger partial charge in [-0.3, -0.25) is 19.2 Å². The van der Waals surface area contributed by atoms with Gasteiger partial charge in [-0.2, -0.15) is 0 Å². The van der Waals surface area contributed by atoms with Crippen LogP contribution in [0.3, 0.4) is 0 Å². The van der Waals surface area contributed by atoms with Crippen LogP contribution in [0.15, 0.2) is 24.3 Å². The van der Waals surface area contributed by atoms with Crippen molar-refractivity contribution in [1.29, 1.82) is 0 Å². The van der Waals surface area contributed by atoms with Gasteiger partial charge in [-0.1, -0.05) is 19.9 Å². The van der Waals surface area contributed by atoms with E-state index in [0.29, 0.717) is 17.4 Å². The van der Waals surface area contributed by atoms with Crippen molar-refractivity contribution in [1.82, 2.24) is 20.5 Å². The summed E-state index contributed by atoms with van der Waals surface area (Å²) in [6.07, 6.45) is 1.59. The number of rotatable bonds is 8. The molecule has 1 aromatic carbocycles. The molecule has 0 spiro atoms. The van der Waals surface area contributed by atoms with Crippen molar-refractivity contribution in [3.8, 4) is 0 Å². The summed E-state index contributed by atoms with van der Waals surface area (Å²) in [6.45, 7) is 6.15. The molecule has 5 rings (SSSR count). The van der Waals surface area contributed by atoms with E-state index in [1.807, 2.05) is 0 Å². The quantitative estimate of drug-likeness (QED) is 0.468. The number of alkyl halides is 1. The third kappa shape index (κ3) is 4.17. The van der Waals surface area contributed by atoms with Gasteiger partial charge in [-0.05, 0) is 61.1 Å². The molecular formula is C26H30ClFN4O4. The van der Waals surface area contributed by atoms with E-state index in [9.17, 15) is 23.6 Å². The molecule has 3 N–H and O–H groups in total. The minimum Gasteiger partial charge on any atom is -0.350 e. The molecule has 0 unspecified atom stereocenters. The van der Waals surface area contributed by atoms with Gasteiger partial charge in [0.05, 0.1) is 11.9 Å². The average Bonchev–Trinajstić information content (AvgIpc) is 3.61. The van der Waals surface area contributed by atoms with Crippen LogP contribution in [0.2, 0.25) is 0 Å². The number of aromatic amines is 1. The number of H-pyrrole nitrogens is 1. The van der Waals surface area contributed by atoms with Gasteiger partial charge in [0.2, 0.25) is 11.8 Å². The molecule has 0 bridgehead atoms. The highest BCUT2D eigenvalue weighted by Gasteiger charge is 2.69. The number of likely N-dealkylation sites (tertiary alicyclic amines) is 1. The van der Waals surface area contributed by atoms with E-state index in [1.165, 1.54) is 12.1 Å². The summed E-state index contributed by atoms with van der Waals surface area (Å²) in [5, 5.41) is 5.87. The van der Waals surface area contributed by atoms with Crippen LogP contribution in [0, 0.1) is 29.0 Å². The maximum absolute atomic E-state index is 14.1. The van der Waals surface area contributed by atoms with E-state index in [-0.39, 0.29) is 52.3 Å². The third-order valence-corrected chi connectivity index (χ3v) is 8.50. The van der Waals surface area contributed by atoms with Crippen molar-refractivity contribution in [3.05, 3.63) is 35.8 Å². The SMILES string of the molecule is C[C@H](NC(=O)[C@@H]1[C@@H]2[C@H](CN1C(=O)[C@@H](NC(=O)c1cc3c(F)cccc3[nH]1)C1CC1)C2(C)C)C(=O)CCl. The number of hydrogen-bond acceptors (Lipinski definition) is 4. The predicted octanol–water partition coefficient (Wildman–Crippen LogP) is 2.61. The van der Waals surface area contributed by atoms with E-state index in [1.54, 1.807) is 24.0 Å². The maximum atomic E-state index is 14.1. The van der Waals surface area contributed by atoms with Crippen molar-refractivity contribution < 1.29 is 23.6 Å². The fraction of sp³-hybridized carbons (Fsp3) is 0.538. The minimum absolute atomic E-state index is 0.0204. The number of piperidine rings is 1. The van der Waals surface area contributed by atoms with Crippen LogP contribution < -0.4 is 10.6 Å². The Hall–Kier alpha value is -2.94. The molecule has 2 aromatic rings. The summed E-state index contributed by atoms with van der Waals surface area (Å²) in [4.78, 5) is 56.5. The molecule has 3 aliphatic rings. The van der Waals surface area contributed by atoms with E-state index < -0.39 is 29.8 Å². The Kier molecular flexibility index (Phi) is 6.09. The number of hydrogen-bond donors (Lipinski definition) is 3. The van der Waals surface area contributed by atoms with Crippen LogP contribution in [0.1, 0.15) is 44.1 Å². The van der Waals surface area contributed by atoms with Gasteiger partial charge in [0, 0.05) is 17.4 Å². The molecule has 10 heteroatoms. The number of ketones is 1. The number of halogens is 2. The van der Waals surface area contributed by atoms with E-state index in [2.05, 4.69) is 29.5 Å². The van der Waals surface area contributed by atoms with Gasteiger partial charge in [0.15, 0.2) is 5.78 Å². The zero-order valence-electron chi connectivity index (χ0n) is 20.4. The topological polar surface area (TPSA) is 111 Å². The molecular weight excluding hydrogens is 487 g/mol. The Morgan fingerprint density at radius 3 is 2.58 bits per heavy atom. The lowest BCUT2D eigenvalue weighted by Crippen LogP contribution is -2.57. The number of fused-ring (bicyclic) bond motifs is 2. The Labute approximate surface area is 213 Å².